The minimum Gasteiger partial charge on any atom is -0.494 e. The zero-order chi connectivity index (χ0) is 26.9. The maximum absolute atomic E-state index is 13.7. The second-order valence-electron chi connectivity index (χ2n) is 8.95. The fraction of sp³-hybridized carbons (Fsp3) is 0.481. The molecule has 0 radical (unpaired) electrons. The van der Waals surface area contributed by atoms with Crippen LogP contribution < -0.4 is 14.4 Å². The molecule has 0 unspecified atom stereocenters. The molecule has 2 atom stereocenters. The summed E-state index contributed by atoms with van der Waals surface area (Å²) in [7, 11) is -3.78. The average Bonchev–Trinajstić information content (AvgIpc) is 2.82. The Kier molecular flexibility index (Phi) is 10.8. The zero-order valence-corrected chi connectivity index (χ0v) is 23.0. The minimum absolute atomic E-state index is 0.0427. The highest BCUT2D eigenvalue weighted by atomic mass is 32.2. The quantitative estimate of drug-likeness (QED) is 0.435. The zero-order valence-electron chi connectivity index (χ0n) is 22.2. The summed E-state index contributed by atoms with van der Waals surface area (Å²) < 4.78 is 31.9. The third-order valence-electron chi connectivity index (χ3n) is 5.94. The predicted molar refractivity (Wildman–Crippen MR) is 144 cm³/mol. The van der Waals surface area contributed by atoms with Crippen LogP contribution >= 0.6 is 0 Å². The van der Waals surface area contributed by atoms with Crippen molar-refractivity contribution in [2.75, 3.05) is 23.7 Å². The third-order valence-corrected chi connectivity index (χ3v) is 7.08. The summed E-state index contributed by atoms with van der Waals surface area (Å²) in [4.78, 5) is 28.3. The first-order valence-corrected chi connectivity index (χ1v) is 14.2. The summed E-state index contributed by atoms with van der Waals surface area (Å²) in [5.74, 6) is -0.100. The van der Waals surface area contributed by atoms with Crippen molar-refractivity contribution in [1.82, 2.24) is 10.2 Å². The van der Waals surface area contributed by atoms with Crippen LogP contribution in [0, 0.1) is 6.92 Å². The molecule has 1 N–H and O–H groups in total. The van der Waals surface area contributed by atoms with E-state index in [-0.39, 0.29) is 18.5 Å². The lowest BCUT2D eigenvalue weighted by atomic mass is 10.1. The van der Waals surface area contributed by atoms with E-state index >= 15 is 0 Å². The van der Waals surface area contributed by atoms with Gasteiger partial charge in [0.1, 0.15) is 18.3 Å². The Balaban J connectivity index is 2.42. The van der Waals surface area contributed by atoms with Gasteiger partial charge < -0.3 is 15.0 Å². The Morgan fingerprint density at radius 3 is 2.22 bits per heavy atom. The van der Waals surface area contributed by atoms with E-state index in [1.807, 2.05) is 58.9 Å². The van der Waals surface area contributed by atoms with Gasteiger partial charge in [0.25, 0.3) is 0 Å². The van der Waals surface area contributed by atoms with Crippen LogP contribution in [0.4, 0.5) is 5.69 Å². The van der Waals surface area contributed by atoms with Gasteiger partial charge in [0, 0.05) is 12.6 Å². The van der Waals surface area contributed by atoms with Gasteiger partial charge >= 0.3 is 0 Å². The first kappa shape index (κ1) is 29.2. The van der Waals surface area contributed by atoms with Gasteiger partial charge in [-0.05, 0) is 63.4 Å². The van der Waals surface area contributed by atoms with Crippen LogP contribution in [0.25, 0.3) is 0 Å². The van der Waals surface area contributed by atoms with E-state index in [1.54, 1.807) is 24.3 Å². The lowest BCUT2D eigenvalue weighted by Gasteiger charge is -2.33. The van der Waals surface area contributed by atoms with Gasteiger partial charge in [-0.2, -0.15) is 0 Å². The standard InChI is InChI=1S/C27H39N3O5S/c1-7-21(5)28-27(32)25(8-2)29(18-22-12-10-11-20(4)17-22)26(31)19-30(36(6,33)34)23-13-15-24(16-14-23)35-9-3/h10-17,21,25H,7-9,18-19H2,1-6H3,(H,28,32)/t21-,25-/m1/s1. The van der Waals surface area contributed by atoms with E-state index in [0.717, 1.165) is 28.1 Å². The molecule has 0 aliphatic carbocycles. The maximum Gasteiger partial charge on any atom is 0.244 e. The molecule has 0 fully saturated rings. The topological polar surface area (TPSA) is 96.0 Å². The molecule has 0 saturated heterocycles. The Labute approximate surface area is 215 Å². The van der Waals surface area contributed by atoms with Crippen LogP contribution in [0.1, 0.15) is 51.7 Å². The predicted octanol–water partition coefficient (Wildman–Crippen LogP) is 3.88. The molecule has 0 heterocycles. The van der Waals surface area contributed by atoms with E-state index in [2.05, 4.69) is 5.32 Å². The number of hydrogen-bond acceptors (Lipinski definition) is 5. The highest BCUT2D eigenvalue weighted by Crippen LogP contribution is 2.23. The van der Waals surface area contributed by atoms with E-state index in [1.165, 1.54) is 4.90 Å². The Morgan fingerprint density at radius 2 is 1.69 bits per heavy atom. The summed E-state index contributed by atoms with van der Waals surface area (Å²) in [6.07, 6.45) is 2.21. The van der Waals surface area contributed by atoms with Gasteiger partial charge in [-0.15, -0.1) is 0 Å². The SMILES string of the molecule is CCOc1ccc(N(CC(=O)N(Cc2cccc(C)c2)[C@H](CC)C(=O)N[C@H](C)CC)S(C)(=O)=O)cc1. The molecular formula is C27H39N3O5S. The van der Waals surface area contributed by atoms with Gasteiger partial charge in [-0.3, -0.25) is 13.9 Å². The van der Waals surface area contributed by atoms with Gasteiger partial charge in [0.15, 0.2) is 0 Å². The van der Waals surface area contributed by atoms with Crippen LogP contribution in [0.15, 0.2) is 48.5 Å². The molecule has 2 amide bonds. The number of aryl methyl sites for hydroxylation is 1. The molecule has 9 heteroatoms. The number of rotatable bonds is 13. The number of sulfonamides is 1. The van der Waals surface area contributed by atoms with Crippen molar-refractivity contribution >= 4 is 27.5 Å². The molecular weight excluding hydrogens is 478 g/mol. The van der Waals surface area contributed by atoms with Gasteiger partial charge in [0.05, 0.1) is 18.6 Å². The first-order chi connectivity index (χ1) is 17.0. The lowest BCUT2D eigenvalue weighted by molar-refractivity contribution is -0.140. The maximum atomic E-state index is 13.7. The van der Waals surface area contributed by atoms with E-state index < -0.39 is 28.5 Å². The molecule has 0 aromatic heterocycles. The Bertz CT molecular complexity index is 1120. The summed E-state index contributed by atoms with van der Waals surface area (Å²) in [6, 6.07) is 13.5. The number of ether oxygens (including phenoxy) is 1. The number of nitrogens with one attached hydrogen (secondary N) is 1. The van der Waals surface area contributed by atoms with E-state index in [9.17, 15) is 18.0 Å². The van der Waals surface area contributed by atoms with Crippen molar-refractivity contribution in [3.8, 4) is 5.75 Å². The van der Waals surface area contributed by atoms with Crippen molar-refractivity contribution in [2.24, 2.45) is 0 Å². The normalized spacial score (nSPS) is 12.9. The summed E-state index contributed by atoms with van der Waals surface area (Å²) in [6.45, 7) is 9.80. The number of amides is 2. The average molecular weight is 518 g/mol. The summed E-state index contributed by atoms with van der Waals surface area (Å²) in [5.41, 5.74) is 2.25. The third kappa shape index (κ3) is 8.26. The van der Waals surface area contributed by atoms with Crippen LogP contribution in [-0.4, -0.2) is 56.6 Å². The molecule has 36 heavy (non-hydrogen) atoms. The second-order valence-corrected chi connectivity index (χ2v) is 10.9. The molecule has 2 aromatic carbocycles. The fourth-order valence-electron chi connectivity index (χ4n) is 3.86. The summed E-state index contributed by atoms with van der Waals surface area (Å²) in [5, 5.41) is 2.97. The van der Waals surface area contributed by atoms with E-state index in [0.29, 0.717) is 24.5 Å². The summed E-state index contributed by atoms with van der Waals surface area (Å²) >= 11 is 0. The van der Waals surface area contributed by atoms with Crippen molar-refractivity contribution in [1.29, 1.82) is 0 Å². The number of carbonyl (C=O) groups excluding carboxylic acids is 2. The monoisotopic (exact) mass is 517 g/mol. The largest absolute Gasteiger partial charge is 0.494 e. The molecule has 0 bridgehead atoms. The van der Waals surface area contributed by atoms with Crippen LogP contribution in [0.5, 0.6) is 5.75 Å². The molecule has 2 aromatic rings. The Hall–Kier alpha value is -3.07. The van der Waals surface area contributed by atoms with Crippen molar-refractivity contribution in [2.45, 2.75) is 66.1 Å². The highest BCUT2D eigenvalue weighted by molar-refractivity contribution is 7.92. The fourth-order valence-corrected chi connectivity index (χ4v) is 4.71. The van der Waals surface area contributed by atoms with Gasteiger partial charge in [0.2, 0.25) is 21.8 Å². The number of benzene rings is 2. The van der Waals surface area contributed by atoms with Crippen molar-refractivity contribution in [3.63, 3.8) is 0 Å². The van der Waals surface area contributed by atoms with Crippen molar-refractivity contribution in [3.05, 3.63) is 59.7 Å². The molecule has 8 nitrogen and oxygen atoms in total. The van der Waals surface area contributed by atoms with Crippen LogP contribution in [0.3, 0.4) is 0 Å². The molecule has 0 saturated carbocycles. The van der Waals surface area contributed by atoms with Crippen LogP contribution in [-0.2, 0) is 26.2 Å². The minimum atomic E-state index is -3.78. The number of anilines is 1. The highest BCUT2D eigenvalue weighted by Gasteiger charge is 2.32. The molecule has 0 spiro atoms. The number of hydrogen-bond donors (Lipinski definition) is 1. The second kappa shape index (κ2) is 13.3. The molecule has 0 aliphatic rings. The molecule has 198 valence electrons. The number of carbonyl (C=O) groups is 2. The van der Waals surface area contributed by atoms with Gasteiger partial charge in [-0.25, -0.2) is 8.42 Å². The van der Waals surface area contributed by atoms with Crippen LogP contribution in [0.2, 0.25) is 0 Å². The van der Waals surface area contributed by atoms with Gasteiger partial charge in [-0.1, -0.05) is 43.7 Å². The molecule has 0 aliphatic heterocycles. The van der Waals surface area contributed by atoms with E-state index in [4.69, 9.17) is 4.74 Å². The van der Waals surface area contributed by atoms with Crippen molar-refractivity contribution < 1.29 is 22.7 Å². The molecule has 2 rings (SSSR count). The number of nitrogens with zero attached hydrogens (tertiary/aromatic N) is 2. The lowest BCUT2D eigenvalue weighted by Crippen LogP contribution is -2.53. The first-order valence-electron chi connectivity index (χ1n) is 12.4. The smallest absolute Gasteiger partial charge is 0.244 e. The Morgan fingerprint density at radius 1 is 1.03 bits per heavy atom.